The second-order valence-corrected chi connectivity index (χ2v) is 1.68. The number of hydrogen-bond donors (Lipinski definition) is 0. The molecule has 0 radical (unpaired) electrons. The Morgan fingerprint density at radius 3 is 2.67 bits per heavy atom. The van der Waals surface area contributed by atoms with E-state index in [0.717, 1.165) is 18.3 Å². The highest BCUT2D eigenvalue weighted by Gasteiger charge is 1.90. The van der Waals surface area contributed by atoms with Crippen molar-refractivity contribution in [3.05, 3.63) is 24.0 Å². The molecule has 0 bridgehead atoms. The number of aromatic nitrogens is 2. The number of nitrogens with zero attached hydrogens (tertiary/aromatic N) is 2. The van der Waals surface area contributed by atoms with Crippen LogP contribution in [-0.2, 0) is 6.42 Å². The van der Waals surface area contributed by atoms with Crippen molar-refractivity contribution < 1.29 is 4.39 Å². The summed E-state index contributed by atoms with van der Waals surface area (Å²) < 4.78 is 12.0. The van der Waals surface area contributed by atoms with Gasteiger partial charge in [0.05, 0.1) is 18.1 Å². The van der Waals surface area contributed by atoms with E-state index in [1.807, 2.05) is 6.92 Å². The van der Waals surface area contributed by atoms with Crippen molar-refractivity contribution in [2.45, 2.75) is 13.3 Å². The van der Waals surface area contributed by atoms with Crippen LogP contribution in [0.3, 0.4) is 0 Å². The minimum Gasteiger partial charge on any atom is -0.255 e. The minimum absolute atomic E-state index is 0.521. The van der Waals surface area contributed by atoms with Crippen LogP contribution in [-0.4, -0.2) is 9.97 Å². The zero-order valence-electron chi connectivity index (χ0n) is 5.13. The molecule has 0 saturated heterocycles. The highest BCUT2D eigenvalue weighted by molar-refractivity contribution is 4.94. The van der Waals surface area contributed by atoms with Crippen LogP contribution in [0.4, 0.5) is 4.39 Å². The maximum Gasteiger partial charge on any atom is 0.231 e. The molecule has 0 atom stereocenters. The smallest absolute Gasteiger partial charge is 0.231 e. The summed E-state index contributed by atoms with van der Waals surface area (Å²) in [5, 5.41) is 0. The minimum atomic E-state index is -0.521. The fourth-order valence-corrected chi connectivity index (χ4v) is 0.522. The van der Waals surface area contributed by atoms with Crippen molar-refractivity contribution in [1.82, 2.24) is 9.97 Å². The first-order valence-electron chi connectivity index (χ1n) is 2.79. The highest BCUT2D eigenvalue weighted by Crippen LogP contribution is 1.92. The molecule has 0 aliphatic heterocycles. The van der Waals surface area contributed by atoms with E-state index in [2.05, 4.69) is 9.97 Å². The van der Waals surface area contributed by atoms with Gasteiger partial charge < -0.3 is 0 Å². The van der Waals surface area contributed by atoms with Crippen molar-refractivity contribution in [3.63, 3.8) is 0 Å². The molecule has 0 saturated carbocycles. The third-order valence-electron chi connectivity index (χ3n) is 1.04. The molecular weight excluding hydrogens is 119 g/mol. The topological polar surface area (TPSA) is 25.8 Å². The standard InChI is InChI=1S/C6H7FN2/c1-2-5-3-9-6(7)4-8-5/h3-4H,2H2,1H3. The Balaban J connectivity index is 2.88. The van der Waals surface area contributed by atoms with Crippen molar-refractivity contribution in [2.75, 3.05) is 0 Å². The Bertz CT molecular complexity index is 183. The number of rotatable bonds is 1. The van der Waals surface area contributed by atoms with Gasteiger partial charge in [-0.25, -0.2) is 4.98 Å². The maximum atomic E-state index is 12.0. The summed E-state index contributed by atoms with van der Waals surface area (Å²) in [6.07, 6.45) is 3.36. The molecule has 1 aromatic rings. The second-order valence-electron chi connectivity index (χ2n) is 1.68. The number of aryl methyl sites for hydroxylation is 1. The molecule has 0 aromatic carbocycles. The summed E-state index contributed by atoms with van der Waals surface area (Å²) in [5.74, 6) is -0.521. The molecule has 2 nitrogen and oxygen atoms in total. The van der Waals surface area contributed by atoms with Gasteiger partial charge in [0.15, 0.2) is 0 Å². The van der Waals surface area contributed by atoms with Gasteiger partial charge in [-0.2, -0.15) is 4.39 Å². The van der Waals surface area contributed by atoms with E-state index in [1.165, 1.54) is 6.20 Å². The van der Waals surface area contributed by atoms with Crippen LogP contribution in [0.2, 0.25) is 0 Å². The van der Waals surface area contributed by atoms with Crippen molar-refractivity contribution in [2.24, 2.45) is 0 Å². The van der Waals surface area contributed by atoms with E-state index in [0.29, 0.717) is 0 Å². The zero-order valence-corrected chi connectivity index (χ0v) is 5.13. The highest BCUT2D eigenvalue weighted by atomic mass is 19.1. The fraction of sp³-hybridized carbons (Fsp3) is 0.333. The van der Waals surface area contributed by atoms with E-state index in [-0.39, 0.29) is 0 Å². The molecule has 0 fully saturated rings. The van der Waals surface area contributed by atoms with Crippen LogP contribution in [0, 0.1) is 5.95 Å². The fourth-order valence-electron chi connectivity index (χ4n) is 0.522. The van der Waals surface area contributed by atoms with Crippen molar-refractivity contribution in [3.8, 4) is 0 Å². The average Bonchev–Trinajstić information content (AvgIpc) is 1.90. The van der Waals surface area contributed by atoms with Crippen LogP contribution < -0.4 is 0 Å². The average molecular weight is 126 g/mol. The van der Waals surface area contributed by atoms with Gasteiger partial charge in [0, 0.05) is 0 Å². The first kappa shape index (κ1) is 6.13. The van der Waals surface area contributed by atoms with Crippen LogP contribution in [0.25, 0.3) is 0 Å². The molecule has 0 N–H and O–H groups in total. The Labute approximate surface area is 52.8 Å². The van der Waals surface area contributed by atoms with Gasteiger partial charge in [-0.05, 0) is 6.42 Å². The predicted molar refractivity (Wildman–Crippen MR) is 31.4 cm³/mol. The van der Waals surface area contributed by atoms with Gasteiger partial charge >= 0.3 is 0 Å². The monoisotopic (exact) mass is 126 g/mol. The Morgan fingerprint density at radius 1 is 1.44 bits per heavy atom. The summed E-state index contributed by atoms with van der Waals surface area (Å²) in [4.78, 5) is 7.18. The molecule has 3 heteroatoms. The number of halogens is 1. The van der Waals surface area contributed by atoms with E-state index in [1.54, 1.807) is 0 Å². The summed E-state index contributed by atoms with van der Waals surface area (Å²) >= 11 is 0. The molecule has 48 valence electrons. The maximum absolute atomic E-state index is 12.0. The van der Waals surface area contributed by atoms with Gasteiger partial charge in [0.2, 0.25) is 5.95 Å². The zero-order chi connectivity index (χ0) is 6.69. The second kappa shape index (κ2) is 2.53. The molecule has 0 aliphatic rings. The van der Waals surface area contributed by atoms with Gasteiger partial charge in [-0.3, -0.25) is 4.98 Å². The largest absolute Gasteiger partial charge is 0.255 e. The Kier molecular flexibility index (Phi) is 1.72. The van der Waals surface area contributed by atoms with E-state index >= 15 is 0 Å². The van der Waals surface area contributed by atoms with E-state index < -0.39 is 5.95 Å². The lowest BCUT2D eigenvalue weighted by atomic mass is 10.4. The molecule has 1 rings (SSSR count). The van der Waals surface area contributed by atoms with Crippen LogP contribution in [0.5, 0.6) is 0 Å². The summed E-state index contributed by atoms with van der Waals surface area (Å²) in [7, 11) is 0. The Hall–Kier alpha value is -0.990. The molecule has 0 aliphatic carbocycles. The molecule has 1 heterocycles. The lowest BCUT2D eigenvalue weighted by molar-refractivity contribution is 0.573. The van der Waals surface area contributed by atoms with E-state index in [4.69, 9.17) is 0 Å². The van der Waals surface area contributed by atoms with E-state index in [9.17, 15) is 4.39 Å². The third kappa shape index (κ3) is 1.45. The SMILES string of the molecule is CCc1cnc(F)cn1. The van der Waals surface area contributed by atoms with Gasteiger partial charge in [-0.15, -0.1) is 0 Å². The normalized spacial score (nSPS) is 9.56. The first-order valence-corrected chi connectivity index (χ1v) is 2.79. The molecule has 9 heavy (non-hydrogen) atoms. The molecule has 0 amide bonds. The molecule has 1 aromatic heterocycles. The van der Waals surface area contributed by atoms with Crippen molar-refractivity contribution >= 4 is 0 Å². The van der Waals surface area contributed by atoms with Crippen LogP contribution in [0.1, 0.15) is 12.6 Å². The van der Waals surface area contributed by atoms with Gasteiger partial charge in [-0.1, -0.05) is 6.92 Å². The summed E-state index contributed by atoms with van der Waals surface area (Å²) in [6, 6.07) is 0. The molecular formula is C6H7FN2. The molecule has 0 spiro atoms. The van der Waals surface area contributed by atoms with Crippen molar-refractivity contribution in [1.29, 1.82) is 0 Å². The summed E-state index contributed by atoms with van der Waals surface area (Å²) in [6.45, 7) is 1.95. The lowest BCUT2D eigenvalue weighted by Crippen LogP contribution is -1.89. The van der Waals surface area contributed by atoms with Gasteiger partial charge in [0.1, 0.15) is 0 Å². The lowest BCUT2D eigenvalue weighted by Gasteiger charge is -1.90. The third-order valence-corrected chi connectivity index (χ3v) is 1.04. The summed E-state index contributed by atoms with van der Waals surface area (Å²) in [5.41, 5.74) is 0.816. The molecule has 0 unspecified atom stereocenters. The van der Waals surface area contributed by atoms with Crippen LogP contribution in [0.15, 0.2) is 12.4 Å². The van der Waals surface area contributed by atoms with Crippen LogP contribution >= 0.6 is 0 Å². The first-order chi connectivity index (χ1) is 4.33. The Morgan fingerprint density at radius 2 is 2.22 bits per heavy atom. The van der Waals surface area contributed by atoms with Gasteiger partial charge in [0.25, 0.3) is 0 Å². The quantitative estimate of drug-likeness (QED) is 0.564. The number of hydrogen-bond acceptors (Lipinski definition) is 2. The predicted octanol–water partition coefficient (Wildman–Crippen LogP) is 1.18.